The van der Waals surface area contributed by atoms with Gasteiger partial charge in [-0.15, -0.1) is 0 Å². The molecule has 0 aliphatic heterocycles. The maximum atomic E-state index is 4.72. The summed E-state index contributed by atoms with van der Waals surface area (Å²) in [5.41, 5.74) is 3.02. The summed E-state index contributed by atoms with van der Waals surface area (Å²) in [6.07, 6.45) is 7.21. The summed E-state index contributed by atoms with van der Waals surface area (Å²) in [5.74, 6) is 0.967. The number of benzene rings is 1. The summed E-state index contributed by atoms with van der Waals surface area (Å²) in [4.78, 5) is 9.21. The van der Waals surface area contributed by atoms with Gasteiger partial charge in [0.2, 0.25) is 0 Å². The van der Waals surface area contributed by atoms with Crippen LogP contribution in [0.25, 0.3) is 11.0 Å². The lowest BCUT2D eigenvalue weighted by molar-refractivity contribution is 0.496. The lowest BCUT2D eigenvalue weighted by Gasteiger charge is -2.15. The highest BCUT2D eigenvalue weighted by Crippen LogP contribution is 2.35. The Morgan fingerprint density at radius 3 is 2.78 bits per heavy atom. The molecule has 1 aromatic heterocycles. The van der Waals surface area contributed by atoms with E-state index in [0.29, 0.717) is 6.04 Å². The van der Waals surface area contributed by atoms with Crippen LogP contribution in [0.15, 0.2) is 30.5 Å². The highest BCUT2D eigenvalue weighted by molar-refractivity contribution is 5.73. The topological polar surface area (TPSA) is 37.8 Å². The van der Waals surface area contributed by atoms with Crippen molar-refractivity contribution < 1.29 is 0 Å². The highest BCUT2D eigenvalue weighted by atomic mass is 14.9. The second-order valence-corrected chi connectivity index (χ2v) is 5.15. The van der Waals surface area contributed by atoms with Gasteiger partial charge in [0.25, 0.3) is 0 Å². The van der Waals surface area contributed by atoms with E-state index in [4.69, 9.17) is 4.98 Å². The molecule has 94 valence electrons. The van der Waals surface area contributed by atoms with E-state index in [-0.39, 0.29) is 0 Å². The van der Waals surface area contributed by atoms with Gasteiger partial charge >= 0.3 is 0 Å². The van der Waals surface area contributed by atoms with Crippen molar-refractivity contribution in [2.75, 3.05) is 7.05 Å². The predicted molar refractivity (Wildman–Crippen MR) is 73.3 cm³/mol. The third-order valence-corrected chi connectivity index (χ3v) is 3.73. The van der Waals surface area contributed by atoms with Crippen molar-refractivity contribution in [1.82, 2.24) is 15.3 Å². The molecule has 1 aliphatic rings. The quantitative estimate of drug-likeness (QED) is 0.874. The first kappa shape index (κ1) is 11.6. The van der Waals surface area contributed by atoms with Crippen molar-refractivity contribution in [3.05, 3.63) is 36.2 Å². The van der Waals surface area contributed by atoms with E-state index < -0.39 is 0 Å². The molecular weight excluding hydrogens is 222 g/mol. The zero-order valence-electron chi connectivity index (χ0n) is 10.8. The van der Waals surface area contributed by atoms with Crippen LogP contribution in [-0.4, -0.2) is 17.0 Å². The molecule has 3 nitrogen and oxygen atoms in total. The molecule has 1 atom stereocenters. The van der Waals surface area contributed by atoms with Crippen LogP contribution in [0.5, 0.6) is 0 Å². The average Bonchev–Trinajstić information content (AvgIpc) is 3.23. The lowest BCUT2D eigenvalue weighted by atomic mass is 10.1. The SMILES string of the molecule is CNC(CCC1CC1)c1cnc2ccccc2n1. The minimum absolute atomic E-state index is 0.336. The number of nitrogens with zero attached hydrogens (tertiary/aromatic N) is 2. The average molecular weight is 241 g/mol. The Morgan fingerprint density at radius 2 is 2.06 bits per heavy atom. The van der Waals surface area contributed by atoms with E-state index in [1.807, 2.05) is 37.5 Å². The number of para-hydroxylation sites is 2. The third-order valence-electron chi connectivity index (χ3n) is 3.73. The Morgan fingerprint density at radius 1 is 1.28 bits per heavy atom. The van der Waals surface area contributed by atoms with Crippen LogP contribution >= 0.6 is 0 Å². The molecule has 1 saturated carbocycles. The van der Waals surface area contributed by atoms with E-state index >= 15 is 0 Å². The van der Waals surface area contributed by atoms with Gasteiger partial charge in [-0.2, -0.15) is 0 Å². The van der Waals surface area contributed by atoms with Crippen LogP contribution in [-0.2, 0) is 0 Å². The monoisotopic (exact) mass is 241 g/mol. The molecule has 1 aliphatic carbocycles. The van der Waals surface area contributed by atoms with Gasteiger partial charge in [0, 0.05) is 0 Å². The van der Waals surface area contributed by atoms with Gasteiger partial charge in [0.1, 0.15) is 0 Å². The summed E-state index contributed by atoms with van der Waals surface area (Å²) in [7, 11) is 2.01. The fraction of sp³-hybridized carbons (Fsp3) is 0.467. The standard InChI is InChI=1S/C15H19N3/c1-16-12(9-8-11-6-7-11)15-10-17-13-4-2-3-5-14(13)18-15/h2-5,10-12,16H,6-9H2,1H3. The fourth-order valence-corrected chi connectivity index (χ4v) is 2.39. The summed E-state index contributed by atoms with van der Waals surface area (Å²) in [6, 6.07) is 8.38. The van der Waals surface area contributed by atoms with Crippen LogP contribution in [0.3, 0.4) is 0 Å². The summed E-state index contributed by atoms with van der Waals surface area (Å²) >= 11 is 0. The largest absolute Gasteiger partial charge is 0.312 e. The number of hydrogen-bond donors (Lipinski definition) is 1. The van der Waals surface area contributed by atoms with E-state index in [0.717, 1.165) is 29.1 Å². The number of aromatic nitrogens is 2. The predicted octanol–water partition coefficient (Wildman–Crippen LogP) is 3.08. The number of fused-ring (bicyclic) bond motifs is 1. The lowest BCUT2D eigenvalue weighted by Crippen LogP contribution is -2.18. The first-order valence-electron chi connectivity index (χ1n) is 6.76. The molecule has 1 unspecified atom stereocenters. The summed E-state index contributed by atoms with van der Waals surface area (Å²) < 4.78 is 0. The maximum absolute atomic E-state index is 4.72. The number of hydrogen-bond acceptors (Lipinski definition) is 3. The van der Waals surface area contributed by atoms with Crippen LogP contribution in [0, 0.1) is 5.92 Å². The molecular formula is C15H19N3. The van der Waals surface area contributed by atoms with Crippen LogP contribution < -0.4 is 5.32 Å². The van der Waals surface area contributed by atoms with Gasteiger partial charge in [-0.05, 0) is 37.9 Å². The molecule has 3 rings (SSSR count). The Bertz CT molecular complexity index is 534. The second kappa shape index (κ2) is 5.02. The maximum Gasteiger partial charge on any atom is 0.0890 e. The van der Waals surface area contributed by atoms with Gasteiger partial charge in [-0.1, -0.05) is 25.0 Å². The number of nitrogens with one attached hydrogen (secondary N) is 1. The van der Waals surface area contributed by atoms with Crippen molar-refractivity contribution in [2.45, 2.75) is 31.7 Å². The molecule has 0 spiro atoms. The Labute approximate surface area is 108 Å². The fourth-order valence-electron chi connectivity index (χ4n) is 2.39. The van der Waals surface area contributed by atoms with E-state index in [1.165, 1.54) is 19.3 Å². The molecule has 1 aromatic carbocycles. The van der Waals surface area contributed by atoms with Crippen molar-refractivity contribution in [3.8, 4) is 0 Å². The van der Waals surface area contributed by atoms with Crippen LogP contribution in [0.4, 0.5) is 0 Å². The molecule has 0 amide bonds. The minimum Gasteiger partial charge on any atom is -0.312 e. The van der Waals surface area contributed by atoms with Crippen molar-refractivity contribution in [3.63, 3.8) is 0 Å². The summed E-state index contributed by atoms with van der Waals surface area (Å²) in [5, 5.41) is 3.36. The molecule has 2 aromatic rings. The first-order chi connectivity index (χ1) is 8.86. The van der Waals surface area contributed by atoms with E-state index in [9.17, 15) is 0 Å². The van der Waals surface area contributed by atoms with Crippen LogP contribution in [0.2, 0.25) is 0 Å². The number of rotatable bonds is 5. The molecule has 0 bridgehead atoms. The molecule has 0 radical (unpaired) electrons. The van der Waals surface area contributed by atoms with Gasteiger partial charge in [-0.3, -0.25) is 4.98 Å². The molecule has 1 fully saturated rings. The van der Waals surface area contributed by atoms with E-state index in [1.54, 1.807) is 0 Å². The Kier molecular flexibility index (Phi) is 3.24. The van der Waals surface area contributed by atoms with Crippen LogP contribution in [0.1, 0.15) is 37.4 Å². The van der Waals surface area contributed by atoms with Gasteiger partial charge < -0.3 is 5.32 Å². The molecule has 18 heavy (non-hydrogen) atoms. The minimum atomic E-state index is 0.336. The van der Waals surface area contributed by atoms with Gasteiger partial charge in [-0.25, -0.2) is 4.98 Å². The summed E-state index contributed by atoms with van der Waals surface area (Å²) in [6.45, 7) is 0. The smallest absolute Gasteiger partial charge is 0.0890 e. The van der Waals surface area contributed by atoms with Gasteiger partial charge in [0.15, 0.2) is 0 Å². The Hall–Kier alpha value is -1.48. The zero-order valence-corrected chi connectivity index (χ0v) is 10.8. The first-order valence-corrected chi connectivity index (χ1v) is 6.76. The molecule has 1 heterocycles. The molecule has 1 N–H and O–H groups in total. The van der Waals surface area contributed by atoms with Crippen molar-refractivity contribution >= 4 is 11.0 Å². The Balaban J connectivity index is 1.81. The zero-order chi connectivity index (χ0) is 12.4. The molecule has 0 saturated heterocycles. The second-order valence-electron chi connectivity index (χ2n) is 5.15. The normalized spacial score (nSPS) is 16.9. The van der Waals surface area contributed by atoms with Gasteiger partial charge in [0.05, 0.1) is 29.0 Å². The third kappa shape index (κ3) is 2.51. The van der Waals surface area contributed by atoms with E-state index in [2.05, 4.69) is 10.3 Å². The highest BCUT2D eigenvalue weighted by Gasteiger charge is 2.23. The van der Waals surface area contributed by atoms with Crippen molar-refractivity contribution in [1.29, 1.82) is 0 Å². The molecule has 3 heteroatoms. The van der Waals surface area contributed by atoms with Crippen molar-refractivity contribution in [2.24, 2.45) is 5.92 Å².